The van der Waals surface area contributed by atoms with Crippen molar-refractivity contribution in [2.45, 2.75) is 58.8 Å². The number of Topliss-reactive ketones (excluding diaryl/α,β-unsaturated/α-hetero) is 1. The Balaban J connectivity index is 1.69. The molecule has 0 bridgehead atoms. The average molecular weight is 547 g/mol. The second-order valence-electron chi connectivity index (χ2n) is 11.4. The molecule has 0 saturated carbocycles. The summed E-state index contributed by atoms with van der Waals surface area (Å²) in [5.41, 5.74) is 0.537. The zero-order valence-corrected chi connectivity index (χ0v) is 23.5. The first-order valence-electron chi connectivity index (χ1n) is 12.9. The molecular formula is C30H34N4O6. The molecule has 3 N–H and O–H groups in total. The van der Waals surface area contributed by atoms with Crippen molar-refractivity contribution in [3.05, 3.63) is 72.1 Å². The molecule has 210 valence electrons. The van der Waals surface area contributed by atoms with Gasteiger partial charge in [-0.2, -0.15) is 0 Å². The van der Waals surface area contributed by atoms with Crippen molar-refractivity contribution < 1.29 is 28.7 Å². The van der Waals surface area contributed by atoms with E-state index in [-0.39, 0.29) is 12.1 Å². The number of benzene rings is 2. The Morgan fingerprint density at radius 2 is 1.50 bits per heavy atom. The molecule has 4 rings (SSSR count). The summed E-state index contributed by atoms with van der Waals surface area (Å²) >= 11 is 0. The lowest BCUT2D eigenvalue weighted by Gasteiger charge is -2.22. The maximum Gasteiger partial charge on any atom is 0.419 e. The minimum absolute atomic E-state index is 0.107. The third kappa shape index (κ3) is 6.51. The van der Waals surface area contributed by atoms with Crippen LogP contribution in [-0.2, 0) is 14.3 Å². The van der Waals surface area contributed by atoms with Crippen molar-refractivity contribution in [1.29, 1.82) is 0 Å². The van der Waals surface area contributed by atoms with E-state index in [4.69, 9.17) is 9.47 Å². The maximum absolute atomic E-state index is 13.3. The van der Waals surface area contributed by atoms with Crippen molar-refractivity contribution >= 4 is 45.7 Å². The van der Waals surface area contributed by atoms with Gasteiger partial charge in [-0.3, -0.25) is 14.2 Å². The Bertz CT molecular complexity index is 1590. The highest BCUT2D eigenvalue weighted by Gasteiger charge is 2.28. The quantitative estimate of drug-likeness (QED) is 0.217. The number of fused-ring (bicyclic) bond motifs is 2. The first-order chi connectivity index (χ1) is 18.7. The predicted octanol–water partition coefficient (Wildman–Crippen LogP) is 5.47. The van der Waals surface area contributed by atoms with Crippen molar-refractivity contribution in [3.8, 4) is 0 Å². The van der Waals surface area contributed by atoms with Crippen molar-refractivity contribution in [2.24, 2.45) is 0 Å². The average Bonchev–Trinajstić information content (AvgIpc) is 3.46. The molecule has 2 aromatic carbocycles. The number of carbonyl (C=O) groups excluding carboxylic acids is 4. The number of nitrogens with zero attached hydrogens (tertiary/aromatic N) is 1. The molecule has 0 fully saturated rings. The van der Waals surface area contributed by atoms with E-state index in [0.717, 1.165) is 5.52 Å². The van der Waals surface area contributed by atoms with Crippen LogP contribution < -0.4 is 10.6 Å². The zero-order valence-electron chi connectivity index (χ0n) is 23.5. The molecule has 2 amide bonds. The van der Waals surface area contributed by atoms with Gasteiger partial charge < -0.3 is 25.1 Å². The van der Waals surface area contributed by atoms with Gasteiger partial charge >= 0.3 is 12.2 Å². The number of rotatable bonds is 6. The summed E-state index contributed by atoms with van der Waals surface area (Å²) in [6, 6.07) is 13.4. The Morgan fingerprint density at radius 3 is 2.17 bits per heavy atom. The minimum atomic E-state index is -0.886. The van der Waals surface area contributed by atoms with Crippen LogP contribution in [-0.4, -0.2) is 51.2 Å². The van der Waals surface area contributed by atoms with Crippen molar-refractivity contribution in [1.82, 2.24) is 20.2 Å². The first kappa shape index (κ1) is 28.4. The first-order valence-corrected chi connectivity index (χ1v) is 12.9. The summed E-state index contributed by atoms with van der Waals surface area (Å²) < 4.78 is 12.3. The normalized spacial score (nSPS) is 12.7. The predicted molar refractivity (Wildman–Crippen MR) is 151 cm³/mol. The molecule has 2 aromatic heterocycles. The van der Waals surface area contributed by atoms with Crippen LogP contribution in [0, 0.1) is 0 Å². The number of carbonyl (C=O) groups is 4. The molecule has 0 radical (unpaired) electrons. The van der Waals surface area contributed by atoms with Gasteiger partial charge in [0.15, 0.2) is 0 Å². The molecule has 10 nitrogen and oxygen atoms in total. The number of ether oxygens (including phenoxy) is 2. The second kappa shape index (κ2) is 10.9. The Morgan fingerprint density at radius 1 is 0.875 bits per heavy atom. The van der Waals surface area contributed by atoms with Gasteiger partial charge in [0.05, 0.1) is 17.1 Å². The van der Waals surface area contributed by atoms with Gasteiger partial charge in [-0.05, 0) is 53.7 Å². The fourth-order valence-electron chi connectivity index (χ4n) is 4.29. The van der Waals surface area contributed by atoms with Crippen molar-refractivity contribution in [3.63, 3.8) is 0 Å². The van der Waals surface area contributed by atoms with Gasteiger partial charge in [0.25, 0.3) is 11.7 Å². The SMILES string of the molecule is CC(C)(C)OC(=O)NCC(NC(=O)C(=O)c1c[nH]c2ccccc12)c1cn(C(=O)OC(C)(C)C)c2ccccc12. The Labute approximate surface area is 232 Å². The van der Waals surface area contributed by atoms with Gasteiger partial charge in [-0.15, -0.1) is 0 Å². The van der Waals surface area contributed by atoms with Crippen molar-refractivity contribution in [2.75, 3.05) is 6.54 Å². The van der Waals surface area contributed by atoms with E-state index in [9.17, 15) is 19.2 Å². The van der Waals surface area contributed by atoms with Gasteiger partial charge in [-0.1, -0.05) is 36.4 Å². The van der Waals surface area contributed by atoms with Crippen LogP contribution >= 0.6 is 0 Å². The summed E-state index contributed by atoms with van der Waals surface area (Å²) in [6.07, 6.45) is 1.76. The summed E-state index contributed by atoms with van der Waals surface area (Å²) in [6.45, 7) is 10.4. The number of amides is 2. The topological polar surface area (TPSA) is 132 Å². The van der Waals surface area contributed by atoms with Gasteiger partial charge in [-0.25, -0.2) is 9.59 Å². The monoisotopic (exact) mass is 546 g/mol. The van der Waals surface area contributed by atoms with Crippen LogP contribution in [0.25, 0.3) is 21.8 Å². The summed E-state index contributed by atoms with van der Waals surface area (Å²) in [4.78, 5) is 55.0. The van der Waals surface area contributed by atoms with E-state index in [1.54, 1.807) is 84.1 Å². The lowest BCUT2D eigenvalue weighted by Crippen LogP contribution is -2.42. The number of alkyl carbamates (subject to hydrolysis) is 1. The fraction of sp³-hybridized carbons (Fsp3) is 0.333. The van der Waals surface area contributed by atoms with E-state index in [0.29, 0.717) is 21.9 Å². The molecule has 40 heavy (non-hydrogen) atoms. The van der Waals surface area contributed by atoms with Crippen LogP contribution in [0.3, 0.4) is 0 Å². The highest BCUT2D eigenvalue weighted by molar-refractivity contribution is 6.45. The van der Waals surface area contributed by atoms with Crippen LogP contribution in [0.1, 0.15) is 63.5 Å². The smallest absolute Gasteiger partial charge is 0.419 e. The number of aromatic amines is 1. The number of hydrogen-bond acceptors (Lipinski definition) is 6. The summed E-state index contributed by atoms with van der Waals surface area (Å²) in [5.74, 6) is -1.61. The number of para-hydroxylation sites is 2. The maximum atomic E-state index is 13.3. The standard InChI is InChI=1S/C30H34N4O6/c1-29(2,3)39-27(37)32-16-23(33-26(36)25(35)20-15-31-22-13-9-7-11-18(20)22)21-17-34(28(38)40-30(4,5)6)24-14-10-8-12-19(21)24/h7-15,17,23,31H,16H2,1-6H3,(H,32,37)(H,33,36). The molecule has 0 aliphatic carbocycles. The summed E-state index contributed by atoms with van der Waals surface area (Å²) in [7, 11) is 0. The largest absolute Gasteiger partial charge is 0.444 e. The lowest BCUT2D eigenvalue weighted by molar-refractivity contribution is -0.117. The number of nitrogens with one attached hydrogen (secondary N) is 3. The molecule has 1 unspecified atom stereocenters. The van der Waals surface area contributed by atoms with Gasteiger partial charge in [0, 0.05) is 40.8 Å². The second-order valence-corrected chi connectivity index (χ2v) is 11.4. The fourth-order valence-corrected chi connectivity index (χ4v) is 4.29. The number of hydrogen-bond donors (Lipinski definition) is 3. The number of ketones is 1. The third-order valence-corrected chi connectivity index (χ3v) is 5.90. The van der Waals surface area contributed by atoms with Gasteiger partial charge in [0.1, 0.15) is 11.2 Å². The highest BCUT2D eigenvalue weighted by Crippen LogP contribution is 2.28. The third-order valence-electron chi connectivity index (χ3n) is 5.90. The molecule has 1 atom stereocenters. The Kier molecular flexibility index (Phi) is 7.72. The molecule has 0 aliphatic rings. The van der Waals surface area contributed by atoms with Crippen LogP contribution in [0.5, 0.6) is 0 Å². The van der Waals surface area contributed by atoms with Crippen LogP contribution in [0.15, 0.2) is 60.9 Å². The molecule has 10 heteroatoms. The van der Waals surface area contributed by atoms with E-state index in [1.807, 2.05) is 12.1 Å². The van der Waals surface area contributed by atoms with Gasteiger partial charge in [0.2, 0.25) is 0 Å². The van der Waals surface area contributed by atoms with E-state index >= 15 is 0 Å². The molecule has 0 spiro atoms. The number of aromatic nitrogens is 2. The summed E-state index contributed by atoms with van der Waals surface area (Å²) in [5, 5.41) is 6.69. The zero-order chi connectivity index (χ0) is 29.2. The highest BCUT2D eigenvalue weighted by atomic mass is 16.6. The van der Waals surface area contributed by atoms with Crippen LogP contribution in [0.4, 0.5) is 9.59 Å². The Hall–Kier alpha value is -4.60. The molecule has 0 aliphatic heterocycles. The van der Waals surface area contributed by atoms with E-state index in [2.05, 4.69) is 15.6 Å². The molecule has 2 heterocycles. The van der Waals surface area contributed by atoms with E-state index in [1.165, 1.54) is 10.8 Å². The van der Waals surface area contributed by atoms with Crippen LogP contribution in [0.2, 0.25) is 0 Å². The number of H-pyrrole nitrogens is 1. The molecule has 0 saturated heterocycles. The lowest BCUT2D eigenvalue weighted by atomic mass is 10.0. The molecule has 4 aromatic rings. The van der Waals surface area contributed by atoms with E-state index < -0.39 is 41.1 Å². The molecular weight excluding hydrogens is 512 g/mol. The minimum Gasteiger partial charge on any atom is -0.444 e.